The molecule has 7 nitrogen and oxygen atoms in total. The molecule has 0 aliphatic carbocycles. The van der Waals surface area contributed by atoms with Crippen LogP contribution < -0.4 is 10.9 Å². The van der Waals surface area contributed by atoms with Crippen LogP contribution in [-0.2, 0) is 13.2 Å². The van der Waals surface area contributed by atoms with Gasteiger partial charge in [0.2, 0.25) is 5.95 Å². The molecule has 2 aromatic heterocycles. The van der Waals surface area contributed by atoms with Crippen LogP contribution in [0, 0.1) is 0 Å². The average molecular weight is 347 g/mol. The predicted octanol–water partition coefficient (Wildman–Crippen LogP) is 2.21. The number of nitrogens with zero attached hydrogens (tertiary/aromatic N) is 3. The molecule has 0 amide bonds. The number of fused-ring (bicyclic) bond motifs is 1. The van der Waals surface area contributed by atoms with Crippen molar-refractivity contribution in [3.63, 3.8) is 0 Å². The number of benzene rings is 2. The minimum Gasteiger partial charge on any atom is -0.392 e. The lowest BCUT2D eigenvalue weighted by Gasteiger charge is -2.09. The Kier molecular flexibility index (Phi) is 4.20. The quantitative estimate of drug-likeness (QED) is 0.514. The lowest BCUT2D eigenvalue weighted by Crippen LogP contribution is -2.14. The Labute approximate surface area is 149 Å². The van der Waals surface area contributed by atoms with Crippen molar-refractivity contribution in [1.29, 1.82) is 0 Å². The van der Waals surface area contributed by atoms with Gasteiger partial charge in [-0.2, -0.15) is 10.1 Å². The van der Waals surface area contributed by atoms with Gasteiger partial charge in [-0.05, 0) is 23.3 Å². The molecule has 0 bridgehead atoms. The Hall–Kier alpha value is -3.45. The molecule has 0 saturated heterocycles. The maximum absolute atomic E-state index is 12.3. The van der Waals surface area contributed by atoms with E-state index in [1.165, 1.54) is 6.20 Å². The van der Waals surface area contributed by atoms with Crippen molar-refractivity contribution in [2.24, 2.45) is 0 Å². The van der Waals surface area contributed by atoms with Gasteiger partial charge in [0.1, 0.15) is 5.39 Å². The van der Waals surface area contributed by atoms with E-state index in [1.807, 2.05) is 54.6 Å². The number of aliphatic hydroxyl groups excluding tert-OH is 1. The summed E-state index contributed by atoms with van der Waals surface area (Å²) in [5, 5.41) is 17.3. The van der Waals surface area contributed by atoms with Crippen LogP contribution in [-0.4, -0.2) is 24.9 Å². The van der Waals surface area contributed by atoms with Crippen LogP contribution in [0.5, 0.6) is 0 Å². The Bertz CT molecular complexity index is 1100. The topological polar surface area (TPSA) is 95.8 Å². The van der Waals surface area contributed by atoms with Crippen LogP contribution in [0.3, 0.4) is 0 Å². The summed E-state index contributed by atoms with van der Waals surface area (Å²) < 4.78 is 1.64. The van der Waals surface area contributed by atoms with E-state index in [-0.39, 0.29) is 12.2 Å². The molecule has 3 N–H and O–H groups in total. The van der Waals surface area contributed by atoms with Gasteiger partial charge >= 0.3 is 0 Å². The van der Waals surface area contributed by atoms with Crippen molar-refractivity contribution in [3.8, 4) is 5.69 Å². The van der Waals surface area contributed by atoms with Gasteiger partial charge in [0.15, 0.2) is 5.65 Å². The molecule has 26 heavy (non-hydrogen) atoms. The third-order valence-electron chi connectivity index (χ3n) is 4.17. The lowest BCUT2D eigenvalue weighted by molar-refractivity contribution is 0.280. The number of anilines is 1. The van der Waals surface area contributed by atoms with Gasteiger partial charge in [0.05, 0.1) is 18.5 Å². The summed E-state index contributed by atoms with van der Waals surface area (Å²) in [6, 6.07) is 17.1. The molecule has 7 heteroatoms. The fraction of sp³-hybridized carbons (Fsp3) is 0.105. The zero-order chi connectivity index (χ0) is 17.9. The Morgan fingerprint density at radius 2 is 1.77 bits per heavy atom. The summed E-state index contributed by atoms with van der Waals surface area (Å²) in [4.78, 5) is 19.6. The molecular formula is C19H17N5O2. The number of rotatable bonds is 5. The summed E-state index contributed by atoms with van der Waals surface area (Å²) in [6.07, 6.45) is 1.51. The van der Waals surface area contributed by atoms with E-state index >= 15 is 0 Å². The van der Waals surface area contributed by atoms with Gasteiger partial charge in [0, 0.05) is 6.54 Å². The number of hydrogen-bond donors (Lipinski definition) is 3. The first-order chi connectivity index (χ1) is 12.8. The maximum atomic E-state index is 12.3. The summed E-state index contributed by atoms with van der Waals surface area (Å²) >= 11 is 0. The molecule has 0 radical (unpaired) electrons. The first-order valence-corrected chi connectivity index (χ1v) is 8.21. The SMILES string of the molecule is O=c1[nH]c(NCc2ccccc2CO)nc2c1cnn2-c1ccccc1. The molecule has 2 aromatic carbocycles. The number of aliphatic hydroxyl groups is 1. The predicted molar refractivity (Wildman–Crippen MR) is 99.2 cm³/mol. The van der Waals surface area contributed by atoms with Crippen LogP contribution in [0.25, 0.3) is 16.7 Å². The number of H-pyrrole nitrogens is 1. The van der Waals surface area contributed by atoms with Gasteiger partial charge in [-0.25, -0.2) is 4.68 Å². The van der Waals surface area contributed by atoms with E-state index in [0.717, 1.165) is 16.8 Å². The zero-order valence-corrected chi connectivity index (χ0v) is 13.9. The Balaban J connectivity index is 1.69. The fourth-order valence-electron chi connectivity index (χ4n) is 2.82. The molecule has 4 rings (SSSR count). The van der Waals surface area contributed by atoms with Crippen LogP contribution in [0.2, 0.25) is 0 Å². The zero-order valence-electron chi connectivity index (χ0n) is 13.9. The molecule has 0 fully saturated rings. The summed E-state index contributed by atoms with van der Waals surface area (Å²) in [5.74, 6) is 0.355. The molecule has 0 spiro atoms. The van der Waals surface area contributed by atoms with Gasteiger partial charge in [-0.15, -0.1) is 0 Å². The van der Waals surface area contributed by atoms with E-state index in [4.69, 9.17) is 0 Å². The third kappa shape index (κ3) is 2.96. The molecule has 0 unspecified atom stereocenters. The van der Waals surface area contributed by atoms with Crippen molar-refractivity contribution in [2.75, 3.05) is 5.32 Å². The van der Waals surface area contributed by atoms with Crippen molar-refractivity contribution < 1.29 is 5.11 Å². The van der Waals surface area contributed by atoms with Crippen LogP contribution in [0.15, 0.2) is 65.6 Å². The van der Waals surface area contributed by atoms with Crippen molar-refractivity contribution in [3.05, 3.63) is 82.3 Å². The van der Waals surface area contributed by atoms with Gasteiger partial charge in [-0.3, -0.25) is 9.78 Å². The van der Waals surface area contributed by atoms with Crippen molar-refractivity contribution in [2.45, 2.75) is 13.2 Å². The Morgan fingerprint density at radius 1 is 1.04 bits per heavy atom. The molecule has 130 valence electrons. The van der Waals surface area contributed by atoms with Crippen molar-refractivity contribution in [1.82, 2.24) is 19.7 Å². The second kappa shape index (κ2) is 6.81. The second-order valence-corrected chi connectivity index (χ2v) is 5.82. The molecule has 0 saturated carbocycles. The lowest BCUT2D eigenvalue weighted by atomic mass is 10.1. The normalized spacial score (nSPS) is 11.0. The highest BCUT2D eigenvalue weighted by molar-refractivity contribution is 5.76. The van der Waals surface area contributed by atoms with E-state index < -0.39 is 0 Å². The first-order valence-electron chi connectivity index (χ1n) is 8.21. The summed E-state index contributed by atoms with van der Waals surface area (Å²) in [5.41, 5.74) is 2.83. The van der Waals surface area contributed by atoms with Gasteiger partial charge < -0.3 is 10.4 Å². The van der Waals surface area contributed by atoms with Crippen LogP contribution in [0.1, 0.15) is 11.1 Å². The van der Waals surface area contributed by atoms with Gasteiger partial charge in [0.25, 0.3) is 5.56 Å². The molecule has 4 aromatic rings. The number of nitrogens with one attached hydrogen (secondary N) is 2. The van der Waals surface area contributed by atoms with Crippen molar-refractivity contribution >= 4 is 17.0 Å². The second-order valence-electron chi connectivity index (χ2n) is 5.82. The monoisotopic (exact) mass is 347 g/mol. The molecular weight excluding hydrogens is 330 g/mol. The summed E-state index contributed by atoms with van der Waals surface area (Å²) in [6.45, 7) is 0.395. The average Bonchev–Trinajstić information content (AvgIpc) is 3.12. The highest BCUT2D eigenvalue weighted by Gasteiger charge is 2.11. The Morgan fingerprint density at radius 3 is 2.54 bits per heavy atom. The van der Waals surface area contributed by atoms with Crippen LogP contribution in [0.4, 0.5) is 5.95 Å². The fourth-order valence-corrected chi connectivity index (χ4v) is 2.82. The largest absolute Gasteiger partial charge is 0.392 e. The number of aromatic amines is 1. The van der Waals surface area contributed by atoms with Gasteiger partial charge in [-0.1, -0.05) is 42.5 Å². The number of hydrogen-bond acceptors (Lipinski definition) is 5. The van der Waals surface area contributed by atoms with E-state index in [9.17, 15) is 9.90 Å². The van der Waals surface area contributed by atoms with E-state index in [2.05, 4.69) is 20.4 Å². The van der Waals surface area contributed by atoms with Crippen LogP contribution >= 0.6 is 0 Å². The minimum atomic E-state index is -0.255. The molecule has 0 aliphatic rings. The minimum absolute atomic E-state index is 0.0401. The maximum Gasteiger partial charge on any atom is 0.263 e. The summed E-state index contributed by atoms with van der Waals surface area (Å²) in [7, 11) is 0. The first kappa shape index (κ1) is 16.0. The number of para-hydroxylation sites is 1. The van der Waals surface area contributed by atoms with E-state index in [1.54, 1.807) is 4.68 Å². The highest BCUT2D eigenvalue weighted by Crippen LogP contribution is 2.15. The smallest absolute Gasteiger partial charge is 0.263 e. The molecule has 2 heterocycles. The molecule has 0 aliphatic heterocycles. The number of aromatic nitrogens is 4. The highest BCUT2D eigenvalue weighted by atomic mass is 16.3. The van der Waals surface area contributed by atoms with E-state index in [0.29, 0.717) is 23.5 Å². The standard InChI is InChI=1S/C19H17N5O2/c25-12-14-7-5-4-6-13(14)10-20-19-22-17-16(18(26)23-19)11-21-24(17)15-8-2-1-3-9-15/h1-9,11,25H,10,12H2,(H2,20,22,23,26). The third-order valence-corrected chi connectivity index (χ3v) is 4.17. The molecule has 0 atom stereocenters.